The molecule has 0 spiro atoms. The molecule has 0 saturated carbocycles. The Balaban J connectivity index is -0.000000239. The summed E-state index contributed by atoms with van der Waals surface area (Å²) >= 11 is 0. The smallest absolute Gasteiger partial charge is 0.662 e. The topological polar surface area (TPSA) is 62.5 Å². The van der Waals surface area contributed by atoms with Crippen LogP contribution in [0.25, 0.3) is 16.0 Å². The van der Waals surface area contributed by atoms with Crippen molar-refractivity contribution in [2.24, 2.45) is 0 Å². The van der Waals surface area contributed by atoms with Crippen LogP contribution in [0, 0.1) is 0 Å². The Labute approximate surface area is 417 Å². The second-order valence-electron chi connectivity index (χ2n) is 18.8. The van der Waals surface area contributed by atoms with Crippen LogP contribution in [-0.2, 0) is 21.7 Å². The van der Waals surface area contributed by atoms with Gasteiger partial charge in [0.15, 0.2) is 0 Å². The van der Waals surface area contributed by atoms with Crippen LogP contribution in [0.5, 0.6) is 0 Å². The van der Waals surface area contributed by atoms with Crippen molar-refractivity contribution in [3.63, 3.8) is 0 Å². The minimum absolute atomic E-state index is 0. The van der Waals surface area contributed by atoms with E-state index in [2.05, 4.69) is 64.4 Å². The summed E-state index contributed by atoms with van der Waals surface area (Å²) < 4.78 is 0. The van der Waals surface area contributed by atoms with E-state index in [4.69, 9.17) is 5.11 Å². The third kappa shape index (κ3) is 89.7. The van der Waals surface area contributed by atoms with Crippen molar-refractivity contribution in [3.8, 4) is 0 Å². The molecule has 1 radical (unpaired) electrons. The van der Waals surface area contributed by atoms with Crippen LogP contribution in [0.3, 0.4) is 0 Å². The first-order chi connectivity index (χ1) is 30.7. The number of hydrogen-bond acceptors (Lipinski definition) is 1. The third-order valence-corrected chi connectivity index (χ3v) is 12.0. The van der Waals surface area contributed by atoms with Crippen molar-refractivity contribution in [2.45, 2.75) is 331 Å². The van der Waals surface area contributed by atoms with Gasteiger partial charge in [0.05, 0.1) is 0 Å². The fraction of sp³-hybridized carbons (Fsp3) is 1.00. The van der Waals surface area contributed by atoms with Crippen molar-refractivity contribution in [1.29, 1.82) is 0 Å². The summed E-state index contributed by atoms with van der Waals surface area (Å²) in [6, 6.07) is 0. The molecule has 0 aromatic rings. The van der Waals surface area contributed by atoms with Gasteiger partial charge in [-0.05, 0) is 6.42 Å². The molecule has 0 bridgehead atoms. The first kappa shape index (κ1) is 72.5. The molecule has 0 aliphatic heterocycles. The first-order valence-corrected chi connectivity index (χ1v) is 29.2. The average molecular weight is 928 g/mol. The van der Waals surface area contributed by atoms with Crippen LogP contribution >= 0.6 is 0 Å². The maximum atomic E-state index is 8.51. The predicted molar refractivity (Wildman–Crippen MR) is 289 cm³/mol. The van der Waals surface area contributed by atoms with Crippen molar-refractivity contribution in [1.82, 2.24) is 0 Å². The van der Waals surface area contributed by atoms with Crippen LogP contribution in [0.2, 0.25) is 0 Å². The SMILES string of the molecule is CCCCCCCCCCO.CCCCCCCC[N-]CCCCCCCC.CCCCCCCC[N-]CCCCCCCC.CCCCCCCC[N-]CCCCCCCC.[Ti+3]. The monoisotopic (exact) mass is 927 g/mol. The Bertz CT molecular complexity index is 532. The van der Waals surface area contributed by atoms with Crippen LogP contribution in [-0.4, -0.2) is 51.0 Å². The minimum atomic E-state index is 0. The number of rotatable bonds is 50. The summed E-state index contributed by atoms with van der Waals surface area (Å²) in [7, 11) is 0. The summed E-state index contributed by atoms with van der Waals surface area (Å²) in [6.07, 6.45) is 60.2. The van der Waals surface area contributed by atoms with Gasteiger partial charge in [0.25, 0.3) is 0 Å². The van der Waals surface area contributed by atoms with Crippen LogP contribution in [0.4, 0.5) is 0 Å². The fourth-order valence-electron chi connectivity index (χ4n) is 7.60. The minimum Gasteiger partial charge on any atom is -0.662 e. The zero-order valence-corrected chi connectivity index (χ0v) is 46.9. The molecule has 1 N–H and O–H groups in total. The van der Waals surface area contributed by atoms with Gasteiger partial charge in [-0.25, -0.2) is 0 Å². The van der Waals surface area contributed by atoms with E-state index in [1.807, 2.05) is 0 Å². The molecule has 381 valence electrons. The molecule has 0 amide bonds. The molecule has 0 saturated heterocycles. The van der Waals surface area contributed by atoms with Crippen molar-refractivity contribution >= 4 is 0 Å². The van der Waals surface area contributed by atoms with E-state index in [-0.39, 0.29) is 21.7 Å². The largest absolute Gasteiger partial charge is 3.00 e. The molecule has 63 heavy (non-hydrogen) atoms. The second-order valence-corrected chi connectivity index (χ2v) is 18.8. The molecule has 0 heterocycles. The number of aliphatic hydroxyl groups is 1. The zero-order chi connectivity index (χ0) is 46.2. The quantitative estimate of drug-likeness (QED) is 0.0479. The third-order valence-electron chi connectivity index (χ3n) is 12.0. The van der Waals surface area contributed by atoms with Crippen LogP contribution < -0.4 is 0 Å². The van der Waals surface area contributed by atoms with Gasteiger partial charge in [0, 0.05) is 6.61 Å². The van der Waals surface area contributed by atoms with Crippen molar-refractivity contribution < 1.29 is 26.8 Å². The number of nitrogens with zero attached hydrogens (tertiary/aromatic N) is 3. The van der Waals surface area contributed by atoms with Crippen molar-refractivity contribution in [3.05, 3.63) is 16.0 Å². The molecule has 0 rings (SSSR count). The van der Waals surface area contributed by atoms with E-state index in [1.165, 1.54) is 276 Å². The average Bonchev–Trinajstić information content (AvgIpc) is 3.29. The Hall–Kier alpha value is 0.554. The summed E-state index contributed by atoms with van der Waals surface area (Å²) in [6.45, 7) is 22.9. The number of unbranched alkanes of at least 4 members (excludes halogenated alkanes) is 37. The van der Waals surface area contributed by atoms with Gasteiger partial charge in [-0.2, -0.15) is 0 Å². The molecule has 5 heteroatoms. The van der Waals surface area contributed by atoms with E-state index >= 15 is 0 Å². The van der Waals surface area contributed by atoms with E-state index in [1.54, 1.807) is 0 Å². The molecule has 0 aliphatic rings. The maximum Gasteiger partial charge on any atom is 3.00 e. The van der Waals surface area contributed by atoms with Gasteiger partial charge in [-0.3, -0.25) is 0 Å². The molecule has 0 aromatic carbocycles. The molecular formula is C58H124N3OTi. The van der Waals surface area contributed by atoms with Gasteiger partial charge in [0.2, 0.25) is 0 Å². The second kappa shape index (κ2) is 79.6. The molecule has 0 unspecified atom stereocenters. The van der Waals surface area contributed by atoms with Gasteiger partial charge in [-0.15, -0.1) is 39.3 Å². The van der Waals surface area contributed by atoms with E-state index in [9.17, 15) is 0 Å². The number of aliphatic hydroxyl groups excluding tert-OH is 1. The summed E-state index contributed by atoms with van der Waals surface area (Å²) in [5.41, 5.74) is 0. The number of hydrogen-bond donors (Lipinski definition) is 1. The van der Waals surface area contributed by atoms with Gasteiger partial charge < -0.3 is 21.1 Å². The zero-order valence-electron chi connectivity index (χ0n) is 45.4. The van der Waals surface area contributed by atoms with E-state index < -0.39 is 0 Å². The molecule has 4 nitrogen and oxygen atoms in total. The van der Waals surface area contributed by atoms with E-state index in [0.717, 1.165) is 45.7 Å². The predicted octanol–water partition coefficient (Wildman–Crippen LogP) is 21.4. The summed E-state index contributed by atoms with van der Waals surface area (Å²) in [4.78, 5) is 0. The van der Waals surface area contributed by atoms with Gasteiger partial charge in [0.1, 0.15) is 0 Å². The van der Waals surface area contributed by atoms with Crippen LogP contribution in [0.1, 0.15) is 331 Å². The summed E-state index contributed by atoms with van der Waals surface area (Å²) in [5, 5.41) is 22.3. The Kier molecular flexibility index (Phi) is 91.7. The first-order valence-electron chi connectivity index (χ1n) is 29.2. The Morgan fingerprint density at radius 1 is 0.190 bits per heavy atom. The molecule has 0 aliphatic carbocycles. The maximum absolute atomic E-state index is 8.51. The molecule has 0 fully saturated rings. The fourth-order valence-corrected chi connectivity index (χ4v) is 7.60. The van der Waals surface area contributed by atoms with Gasteiger partial charge in [-0.1, -0.05) is 325 Å². The molecule has 0 aromatic heterocycles. The standard InChI is InChI=1S/3C16H34N.C10H22O.Ti/c3*1-3-5-7-9-11-13-15-17-16-14-12-10-8-6-4-2;1-2-3-4-5-6-7-8-9-10-11;/h3*3-16H2,1-2H3;11H,2-10H2,1H3;/q3*-1;;+3. The molecule has 0 atom stereocenters. The van der Waals surface area contributed by atoms with Crippen LogP contribution in [0.15, 0.2) is 0 Å². The van der Waals surface area contributed by atoms with E-state index in [0.29, 0.717) is 6.61 Å². The van der Waals surface area contributed by atoms with Crippen molar-refractivity contribution in [2.75, 3.05) is 45.9 Å². The summed E-state index contributed by atoms with van der Waals surface area (Å²) in [5.74, 6) is 0. The Morgan fingerprint density at radius 2 is 0.317 bits per heavy atom. The normalized spacial score (nSPS) is 10.7. The Morgan fingerprint density at radius 3 is 0.460 bits per heavy atom. The van der Waals surface area contributed by atoms with Gasteiger partial charge >= 0.3 is 21.7 Å². The molecular weight excluding hydrogens is 803 g/mol.